The van der Waals surface area contributed by atoms with E-state index in [-0.39, 0.29) is 17.4 Å². The number of phenolic OH excluding ortho intramolecular Hbond substituents is 1. The van der Waals surface area contributed by atoms with Gasteiger partial charge in [0, 0.05) is 6.04 Å². The summed E-state index contributed by atoms with van der Waals surface area (Å²) in [4.78, 5) is 11.9. The first-order chi connectivity index (χ1) is 10.0. The van der Waals surface area contributed by atoms with Gasteiger partial charge in [0.15, 0.2) is 11.5 Å². The van der Waals surface area contributed by atoms with E-state index in [1.807, 2.05) is 26.8 Å². The van der Waals surface area contributed by atoms with Gasteiger partial charge in [-0.05, 0) is 44.0 Å². The second-order valence-corrected chi connectivity index (χ2v) is 4.61. The summed E-state index contributed by atoms with van der Waals surface area (Å²) < 4.78 is 5.27. The van der Waals surface area contributed by atoms with E-state index in [4.69, 9.17) is 10.00 Å². The number of hydrogen-bond acceptors (Lipinski definition) is 4. The van der Waals surface area contributed by atoms with Crippen LogP contribution in [-0.2, 0) is 4.79 Å². The molecule has 2 N–H and O–H groups in total. The molecule has 0 aliphatic heterocycles. The molecule has 1 atom stereocenters. The molecule has 0 aliphatic carbocycles. The Morgan fingerprint density at radius 3 is 2.81 bits per heavy atom. The molecule has 0 aromatic heterocycles. The number of phenols is 1. The Kier molecular flexibility index (Phi) is 6.28. The molecule has 0 radical (unpaired) electrons. The summed E-state index contributed by atoms with van der Waals surface area (Å²) in [6, 6.07) is 6.58. The largest absolute Gasteiger partial charge is 0.504 e. The monoisotopic (exact) mass is 288 g/mol. The van der Waals surface area contributed by atoms with Crippen molar-refractivity contribution in [2.24, 2.45) is 0 Å². The molecular formula is C16H20N2O3. The van der Waals surface area contributed by atoms with E-state index in [2.05, 4.69) is 5.32 Å². The first-order valence-electron chi connectivity index (χ1n) is 6.90. The Balaban J connectivity index is 3.00. The molecule has 112 valence electrons. The van der Waals surface area contributed by atoms with Crippen LogP contribution in [0.4, 0.5) is 0 Å². The lowest BCUT2D eigenvalue weighted by Gasteiger charge is -2.10. The minimum Gasteiger partial charge on any atom is -0.504 e. The summed E-state index contributed by atoms with van der Waals surface area (Å²) in [5.74, 6) is -0.0553. The fourth-order valence-electron chi connectivity index (χ4n) is 1.61. The van der Waals surface area contributed by atoms with E-state index in [0.717, 1.165) is 6.42 Å². The lowest BCUT2D eigenvalue weighted by Crippen LogP contribution is -2.32. The van der Waals surface area contributed by atoms with E-state index in [1.165, 1.54) is 12.1 Å². The highest BCUT2D eigenvalue weighted by Crippen LogP contribution is 2.27. The maximum Gasteiger partial charge on any atom is 0.262 e. The Hall–Kier alpha value is -2.48. The molecule has 1 rings (SSSR count). The molecule has 5 heteroatoms. The fraction of sp³-hybridized carbons (Fsp3) is 0.375. The predicted octanol–water partition coefficient (Wildman–Crippen LogP) is 2.61. The number of amides is 1. The number of carbonyl (C=O) groups is 1. The van der Waals surface area contributed by atoms with Crippen LogP contribution in [0.15, 0.2) is 23.8 Å². The van der Waals surface area contributed by atoms with Crippen LogP contribution < -0.4 is 10.1 Å². The lowest BCUT2D eigenvalue weighted by molar-refractivity contribution is -0.117. The van der Waals surface area contributed by atoms with Crippen LogP contribution >= 0.6 is 0 Å². The molecule has 0 unspecified atom stereocenters. The number of carbonyl (C=O) groups excluding carboxylic acids is 1. The van der Waals surface area contributed by atoms with Crippen molar-refractivity contribution in [1.29, 1.82) is 5.26 Å². The molecule has 0 aliphatic rings. The number of ether oxygens (including phenoxy) is 1. The van der Waals surface area contributed by atoms with Gasteiger partial charge in [-0.1, -0.05) is 13.0 Å². The van der Waals surface area contributed by atoms with Crippen LogP contribution in [0.1, 0.15) is 32.8 Å². The average Bonchev–Trinajstić information content (AvgIpc) is 2.47. The Morgan fingerprint density at radius 1 is 1.52 bits per heavy atom. The van der Waals surface area contributed by atoms with Crippen molar-refractivity contribution < 1.29 is 14.6 Å². The Bertz CT molecular complexity index is 573. The highest BCUT2D eigenvalue weighted by atomic mass is 16.5. The molecule has 0 fully saturated rings. The number of nitrogens with zero attached hydrogens (tertiary/aromatic N) is 1. The van der Waals surface area contributed by atoms with Crippen molar-refractivity contribution in [3.05, 3.63) is 29.3 Å². The topological polar surface area (TPSA) is 82.3 Å². The zero-order valence-corrected chi connectivity index (χ0v) is 12.5. The molecule has 1 amide bonds. The zero-order chi connectivity index (χ0) is 15.8. The number of hydrogen-bond donors (Lipinski definition) is 2. The second-order valence-electron chi connectivity index (χ2n) is 4.61. The molecular weight excluding hydrogens is 268 g/mol. The highest BCUT2D eigenvalue weighted by molar-refractivity contribution is 6.01. The summed E-state index contributed by atoms with van der Waals surface area (Å²) in [6.45, 7) is 6.05. The quantitative estimate of drug-likeness (QED) is 0.622. The van der Waals surface area contributed by atoms with Crippen LogP contribution in [-0.4, -0.2) is 23.7 Å². The van der Waals surface area contributed by atoms with Crippen LogP contribution in [0, 0.1) is 11.3 Å². The predicted molar refractivity (Wildman–Crippen MR) is 80.8 cm³/mol. The van der Waals surface area contributed by atoms with Crippen molar-refractivity contribution in [2.45, 2.75) is 33.2 Å². The van der Waals surface area contributed by atoms with Crippen molar-refractivity contribution in [1.82, 2.24) is 5.32 Å². The maximum absolute atomic E-state index is 11.9. The van der Waals surface area contributed by atoms with E-state index in [0.29, 0.717) is 17.9 Å². The molecule has 0 saturated heterocycles. The Labute approximate surface area is 124 Å². The van der Waals surface area contributed by atoms with Gasteiger partial charge in [-0.2, -0.15) is 5.26 Å². The normalized spacial score (nSPS) is 12.4. The van der Waals surface area contributed by atoms with Crippen molar-refractivity contribution >= 4 is 12.0 Å². The number of rotatable bonds is 6. The van der Waals surface area contributed by atoms with Gasteiger partial charge in [0.05, 0.1) is 6.61 Å². The number of benzene rings is 1. The average molecular weight is 288 g/mol. The van der Waals surface area contributed by atoms with E-state index < -0.39 is 5.91 Å². The Morgan fingerprint density at radius 2 is 2.24 bits per heavy atom. The maximum atomic E-state index is 11.9. The minimum absolute atomic E-state index is 0.00746. The van der Waals surface area contributed by atoms with Gasteiger partial charge in [0.1, 0.15) is 11.6 Å². The molecule has 1 aromatic carbocycles. The minimum atomic E-state index is -0.405. The zero-order valence-electron chi connectivity index (χ0n) is 12.5. The summed E-state index contributed by atoms with van der Waals surface area (Å²) in [5, 5.41) is 21.5. The third-order valence-electron chi connectivity index (χ3n) is 2.95. The molecule has 0 bridgehead atoms. The van der Waals surface area contributed by atoms with E-state index in [9.17, 15) is 9.90 Å². The molecule has 1 aromatic rings. The van der Waals surface area contributed by atoms with Gasteiger partial charge >= 0.3 is 0 Å². The SMILES string of the molecule is CCOc1cc(/C=C(\C#N)C(=O)N[C@@H](C)CC)ccc1O. The molecule has 5 nitrogen and oxygen atoms in total. The number of nitriles is 1. The van der Waals surface area contributed by atoms with Crippen LogP contribution in [0.5, 0.6) is 11.5 Å². The van der Waals surface area contributed by atoms with Crippen molar-refractivity contribution in [2.75, 3.05) is 6.61 Å². The summed E-state index contributed by atoms with van der Waals surface area (Å²) >= 11 is 0. The fourth-order valence-corrected chi connectivity index (χ4v) is 1.61. The smallest absolute Gasteiger partial charge is 0.262 e. The van der Waals surface area contributed by atoms with E-state index >= 15 is 0 Å². The third-order valence-corrected chi connectivity index (χ3v) is 2.95. The second kappa shape index (κ2) is 7.95. The van der Waals surface area contributed by atoms with Gasteiger partial charge in [-0.3, -0.25) is 4.79 Å². The van der Waals surface area contributed by atoms with Crippen LogP contribution in [0.3, 0.4) is 0 Å². The van der Waals surface area contributed by atoms with Crippen LogP contribution in [0.25, 0.3) is 6.08 Å². The van der Waals surface area contributed by atoms with Gasteiger partial charge in [-0.15, -0.1) is 0 Å². The first kappa shape index (κ1) is 16.6. The van der Waals surface area contributed by atoms with Crippen molar-refractivity contribution in [3.8, 4) is 17.6 Å². The van der Waals surface area contributed by atoms with Gasteiger partial charge in [-0.25, -0.2) is 0 Å². The number of aromatic hydroxyl groups is 1. The molecule has 0 spiro atoms. The molecule has 21 heavy (non-hydrogen) atoms. The molecule has 0 saturated carbocycles. The van der Waals surface area contributed by atoms with Gasteiger partial charge in [0.25, 0.3) is 5.91 Å². The van der Waals surface area contributed by atoms with Gasteiger partial charge < -0.3 is 15.2 Å². The highest BCUT2D eigenvalue weighted by Gasteiger charge is 2.12. The van der Waals surface area contributed by atoms with Gasteiger partial charge in [0.2, 0.25) is 0 Å². The van der Waals surface area contributed by atoms with Crippen molar-refractivity contribution in [3.63, 3.8) is 0 Å². The summed E-state index contributed by atoms with van der Waals surface area (Å²) in [7, 11) is 0. The standard InChI is InChI=1S/C16H20N2O3/c1-4-11(3)18-16(20)13(10-17)8-12-6-7-14(19)15(9-12)21-5-2/h6-9,11,19H,4-5H2,1-3H3,(H,18,20)/b13-8+/t11-/m0/s1. The third kappa shape index (κ3) is 4.84. The summed E-state index contributed by atoms with van der Waals surface area (Å²) in [5.41, 5.74) is 0.635. The van der Waals surface area contributed by atoms with Crippen LogP contribution in [0.2, 0.25) is 0 Å². The van der Waals surface area contributed by atoms with E-state index in [1.54, 1.807) is 12.1 Å². The summed E-state index contributed by atoms with van der Waals surface area (Å²) in [6.07, 6.45) is 2.26. The first-order valence-corrected chi connectivity index (χ1v) is 6.90. The molecule has 0 heterocycles. The number of nitrogens with one attached hydrogen (secondary N) is 1. The lowest BCUT2D eigenvalue weighted by atomic mass is 10.1.